The van der Waals surface area contributed by atoms with E-state index in [0.717, 1.165) is 55.6 Å². The number of carboxylic acids is 1. The first-order valence-electron chi connectivity index (χ1n) is 13.1. The normalized spacial score (nSPS) is 18.3. The lowest BCUT2D eigenvalue weighted by Gasteiger charge is -2.24. The van der Waals surface area contributed by atoms with E-state index in [-0.39, 0.29) is 17.0 Å². The van der Waals surface area contributed by atoms with Gasteiger partial charge in [0.05, 0.1) is 11.7 Å². The standard InChI is InChI=1S/C32H29N3O3/c1-33(31(36)26-10-4-5-11-27(26)32(37)38)30-24(20-34-18-16-22-8-2-6-12-28(22)34)14-15-25(30)21-35-19-17-23-9-3-7-13-29(23)35/h2-13,20-21H,14-19H2,1H3. The number of likely N-dealkylation sites (N-methyl/N-ethyl adjacent to an activating group) is 1. The van der Waals surface area contributed by atoms with Crippen molar-refractivity contribution >= 4 is 29.5 Å². The first-order chi connectivity index (χ1) is 18.5. The zero-order chi connectivity index (χ0) is 26.2. The van der Waals surface area contributed by atoms with Crippen LogP contribution in [0.4, 0.5) is 11.4 Å². The van der Waals surface area contributed by atoms with Crippen molar-refractivity contribution in [1.29, 1.82) is 0 Å². The van der Waals surface area contributed by atoms with E-state index in [2.05, 4.69) is 70.4 Å². The van der Waals surface area contributed by atoms with Crippen molar-refractivity contribution in [3.8, 4) is 0 Å². The average Bonchev–Trinajstić information content (AvgIpc) is 3.66. The smallest absolute Gasteiger partial charge is 0.258 e. The van der Waals surface area contributed by atoms with Gasteiger partial charge in [0.15, 0.2) is 12.8 Å². The highest BCUT2D eigenvalue weighted by molar-refractivity contribution is 6.05. The molecule has 3 aromatic rings. The zero-order valence-corrected chi connectivity index (χ0v) is 21.4. The monoisotopic (exact) mass is 503 g/mol. The highest BCUT2D eigenvalue weighted by Gasteiger charge is 2.32. The van der Waals surface area contributed by atoms with Gasteiger partial charge in [0.2, 0.25) is 5.69 Å². The van der Waals surface area contributed by atoms with Crippen molar-refractivity contribution in [2.75, 3.05) is 25.0 Å². The third kappa shape index (κ3) is 4.22. The number of carbonyl (C=O) groups is 2. The number of nitrogens with zero attached hydrogens (tertiary/aromatic N) is 3. The van der Waals surface area contributed by atoms with Crippen molar-refractivity contribution in [2.24, 2.45) is 0 Å². The summed E-state index contributed by atoms with van der Waals surface area (Å²) in [5, 5.41) is 11.8. The summed E-state index contributed by atoms with van der Waals surface area (Å²) in [5.74, 6) is -1.71. The summed E-state index contributed by atoms with van der Waals surface area (Å²) in [5.41, 5.74) is 8.05. The molecule has 2 aliphatic heterocycles. The van der Waals surface area contributed by atoms with Crippen LogP contribution in [0.5, 0.6) is 0 Å². The third-order valence-electron chi connectivity index (χ3n) is 7.76. The van der Waals surface area contributed by atoms with E-state index in [0.29, 0.717) is 0 Å². The molecule has 6 heteroatoms. The highest BCUT2D eigenvalue weighted by Crippen LogP contribution is 2.37. The van der Waals surface area contributed by atoms with Crippen molar-refractivity contribution in [3.05, 3.63) is 118 Å². The lowest BCUT2D eigenvalue weighted by molar-refractivity contribution is -0.423. The van der Waals surface area contributed by atoms with Crippen molar-refractivity contribution in [1.82, 2.24) is 4.90 Å². The minimum atomic E-state index is -1.35. The van der Waals surface area contributed by atoms with Gasteiger partial charge in [-0.3, -0.25) is 4.79 Å². The predicted octanol–water partition coefficient (Wildman–Crippen LogP) is 4.09. The van der Waals surface area contributed by atoms with Gasteiger partial charge in [-0.1, -0.05) is 54.6 Å². The van der Waals surface area contributed by atoms with Gasteiger partial charge >= 0.3 is 0 Å². The van der Waals surface area contributed by atoms with E-state index in [1.54, 1.807) is 30.1 Å². The predicted molar refractivity (Wildman–Crippen MR) is 146 cm³/mol. The van der Waals surface area contributed by atoms with E-state index >= 15 is 0 Å². The van der Waals surface area contributed by atoms with Gasteiger partial charge in [0.25, 0.3) is 5.91 Å². The molecular formula is C32H29N3O3. The lowest BCUT2D eigenvalue weighted by Crippen LogP contribution is -2.31. The molecule has 0 aromatic heterocycles. The van der Waals surface area contributed by atoms with Gasteiger partial charge in [0.1, 0.15) is 0 Å². The van der Waals surface area contributed by atoms with Crippen LogP contribution >= 0.6 is 0 Å². The number of hydrogen-bond acceptors (Lipinski definition) is 4. The Morgan fingerprint density at radius 2 is 1.58 bits per heavy atom. The van der Waals surface area contributed by atoms with Gasteiger partial charge in [-0.15, -0.1) is 0 Å². The fraction of sp³-hybridized carbons (Fsp3) is 0.219. The van der Waals surface area contributed by atoms with E-state index in [9.17, 15) is 14.7 Å². The Morgan fingerprint density at radius 1 is 0.868 bits per heavy atom. The molecule has 2 heterocycles. The van der Waals surface area contributed by atoms with Crippen LogP contribution in [0.15, 0.2) is 95.8 Å². The molecule has 0 fully saturated rings. The number of amides is 1. The van der Waals surface area contributed by atoms with Crippen LogP contribution in [0, 0.1) is 0 Å². The number of rotatable bonds is 5. The fourth-order valence-electron chi connectivity index (χ4n) is 5.90. The van der Waals surface area contributed by atoms with Gasteiger partial charge in [-0.25, -0.2) is 0 Å². The molecule has 0 spiro atoms. The molecule has 0 unspecified atom stereocenters. The molecule has 3 aliphatic rings. The van der Waals surface area contributed by atoms with Crippen LogP contribution in [-0.4, -0.2) is 47.7 Å². The zero-order valence-electron chi connectivity index (χ0n) is 21.4. The fourth-order valence-corrected chi connectivity index (χ4v) is 5.90. The third-order valence-corrected chi connectivity index (χ3v) is 7.76. The molecule has 38 heavy (non-hydrogen) atoms. The molecule has 1 amide bonds. The molecule has 0 N–H and O–H groups in total. The molecule has 190 valence electrons. The maximum absolute atomic E-state index is 13.8. The van der Waals surface area contributed by atoms with E-state index in [1.807, 2.05) is 0 Å². The maximum Gasteiger partial charge on any atom is 0.258 e. The number of fused-ring (bicyclic) bond motifs is 2. The van der Waals surface area contributed by atoms with Gasteiger partial charge in [-0.05, 0) is 42.5 Å². The van der Waals surface area contributed by atoms with Crippen LogP contribution in [0.2, 0.25) is 0 Å². The highest BCUT2D eigenvalue weighted by atomic mass is 16.4. The van der Waals surface area contributed by atoms with Crippen molar-refractivity contribution in [3.63, 3.8) is 0 Å². The molecule has 0 atom stereocenters. The summed E-state index contributed by atoms with van der Waals surface area (Å²) in [6, 6.07) is 23.1. The number of aromatic carboxylic acids is 1. The summed E-state index contributed by atoms with van der Waals surface area (Å²) in [4.78, 5) is 29.4. The van der Waals surface area contributed by atoms with Crippen molar-refractivity contribution < 1.29 is 19.3 Å². The summed E-state index contributed by atoms with van der Waals surface area (Å²) in [6.45, 7) is 1.78. The minimum absolute atomic E-state index is 0.0963. The number of benzene rings is 3. The average molecular weight is 504 g/mol. The maximum atomic E-state index is 13.8. The molecule has 1 aliphatic carbocycles. The molecule has 0 saturated carbocycles. The second kappa shape index (κ2) is 9.78. The van der Waals surface area contributed by atoms with Gasteiger partial charge < -0.3 is 19.7 Å². The molecular weight excluding hydrogens is 474 g/mol. The first kappa shape index (κ1) is 23.9. The van der Waals surface area contributed by atoms with Crippen LogP contribution in [0.3, 0.4) is 0 Å². The molecule has 0 bridgehead atoms. The number of para-hydroxylation sites is 2. The second-order valence-corrected chi connectivity index (χ2v) is 10.00. The Morgan fingerprint density at radius 3 is 2.39 bits per heavy atom. The quantitative estimate of drug-likeness (QED) is 0.492. The number of carboxylic acid groups (broad SMARTS) is 1. The van der Waals surface area contributed by atoms with Gasteiger partial charge in [-0.2, -0.15) is 4.58 Å². The number of carbonyl (C=O) groups excluding carboxylic acids is 2. The van der Waals surface area contributed by atoms with Crippen LogP contribution in [-0.2, 0) is 12.8 Å². The van der Waals surface area contributed by atoms with Crippen LogP contribution < -0.4 is 10.0 Å². The van der Waals surface area contributed by atoms with Crippen LogP contribution in [0.1, 0.15) is 44.7 Å². The SMILES string of the molecule is CN(C(=O)c1ccccc1C(=O)[O-])C1=C(C=[N+]2CCc3ccccc32)CC/C1=C\N1CCc2ccccc21. The van der Waals surface area contributed by atoms with E-state index < -0.39 is 5.97 Å². The summed E-state index contributed by atoms with van der Waals surface area (Å²) in [6.07, 6.45) is 7.92. The molecule has 6 rings (SSSR count). The largest absolute Gasteiger partial charge is 0.545 e. The molecule has 0 radical (unpaired) electrons. The molecule has 3 aromatic carbocycles. The lowest BCUT2D eigenvalue weighted by atomic mass is 10.1. The van der Waals surface area contributed by atoms with Crippen molar-refractivity contribution in [2.45, 2.75) is 25.7 Å². The summed E-state index contributed by atoms with van der Waals surface area (Å²) < 4.78 is 2.27. The second-order valence-electron chi connectivity index (χ2n) is 10.00. The Bertz CT molecular complexity index is 1550. The number of hydrogen-bond donors (Lipinski definition) is 0. The Hall–Kier alpha value is -4.45. The summed E-state index contributed by atoms with van der Waals surface area (Å²) in [7, 11) is 1.74. The minimum Gasteiger partial charge on any atom is -0.545 e. The number of allylic oxidation sites excluding steroid dienone is 2. The van der Waals surface area contributed by atoms with Crippen LogP contribution in [0.25, 0.3) is 0 Å². The number of anilines is 1. The Kier molecular flexibility index (Phi) is 6.16. The topological polar surface area (TPSA) is 66.7 Å². The van der Waals surface area contributed by atoms with E-state index in [1.165, 1.54) is 28.6 Å². The summed E-state index contributed by atoms with van der Waals surface area (Å²) >= 11 is 0. The van der Waals surface area contributed by atoms with E-state index in [4.69, 9.17) is 0 Å². The Balaban J connectivity index is 1.44. The molecule has 0 saturated heterocycles. The van der Waals surface area contributed by atoms with Gasteiger partial charge in [0, 0.05) is 60.2 Å². The molecule has 6 nitrogen and oxygen atoms in total. The Labute approximate surface area is 222 Å². The first-order valence-corrected chi connectivity index (χ1v) is 13.1.